The summed E-state index contributed by atoms with van der Waals surface area (Å²) >= 11 is 7.73. The summed E-state index contributed by atoms with van der Waals surface area (Å²) in [6.07, 6.45) is 2.22. The summed E-state index contributed by atoms with van der Waals surface area (Å²) in [6, 6.07) is 15.0. The summed E-state index contributed by atoms with van der Waals surface area (Å²) in [7, 11) is -3.99. The number of hydrogen-bond acceptors (Lipinski definition) is 5. The van der Waals surface area contributed by atoms with Crippen molar-refractivity contribution in [2.24, 2.45) is 5.73 Å². The van der Waals surface area contributed by atoms with Crippen LogP contribution in [0.15, 0.2) is 59.8 Å². The fourth-order valence-corrected chi connectivity index (χ4v) is 6.69. The molecule has 3 heterocycles. The maximum absolute atomic E-state index is 13.7. The monoisotopic (exact) mass is 430 g/mol. The molecule has 0 aliphatic carbocycles. The van der Waals surface area contributed by atoms with Gasteiger partial charge < -0.3 is 5.73 Å². The van der Waals surface area contributed by atoms with Gasteiger partial charge in [0.25, 0.3) is 10.0 Å². The normalized spacial score (nSPS) is 12.5. The van der Waals surface area contributed by atoms with Crippen molar-refractivity contribution in [3.05, 3.63) is 65.4 Å². The number of imidazole rings is 1. The maximum Gasteiger partial charge on any atom is 0.287 e. The SMILES string of the molecule is NCCc1cn(S(=O)(=O)c2c(Cl)nc3sc4ccccc4n23)c2ccccc12. The lowest BCUT2D eigenvalue weighted by Gasteiger charge is -2.07. The molecule has 0 amide bonds. The molecule has 5 rings (SSSR count). The minimum absolute atomic E-state index is 0.0262. The van der Waals surface area contributed by atoms with Crippen LogP contribution in [0.3, 0.4) is 0 Å². The predicted octanol–water partition coefficient (Wildman–Crippen LogP) is 3.90. The van der Waals surface area contributed by atoms with Gasteiger partial charge in [-0.1, -0.05) is 53.3 Å². The van der Waals surface area contributed by atoms with Crippen molar-refractivity contribution < 1.29 is 8.42 Å². The Bertz CT molecular complexity index is 1460. The van der Waals surface area contributed by atoms with E-state index in [2.05, 4.69) is 4.98 Å². The quantitative estimate of drug-likeness (QED) is 0.468. The minimum Gasteiger partial charge on any atom is -0.330 e. The van der Waals surface area contributed by atoms with E-state index in [4.69, 9.17) is 17.3 Å². The second kappa shape index (κ2) is 6.31. The molecule has 0 unspecified atom stereocenters. The summed E-state index contributed by atoms with van der Waals surface area (Å²) in [4.78, 5) is 4.84. The van der Waals surface area contributed by atoms with Crippen LogP contribution in [-0.2, 0) is 16.4 Å². The highest BCUT2D eigenvalue weighted by molar-refractivity contribution is 7.90. The van der Waals surface area contributed by atoms with Gasteiger partial charge in [-0.2, -0.15) is 8.42 Å². The second-order valence-electron chi connectivity index (χ2n) is 6.41. The number of para-hydroxylation sites is 2. The van der Waals surface area contributed by atoms with Crippen LogP contribution in [0.1, 0.15) is 5.56 Å². The van der Waals surface area contributed by atoms with Crippen molar-refractivity contribution in [2.45, 2.75) is 11.4 Å². The first-order valence-corrected chi connectivity index (χ1v) is 11.3. The number of hydrogen-bond donors (Lipinski definition) is 1. The van der Waals surface area contributed by atoms with Crippen LogP contribution in [-0.4, -0.2) is 28.3 Å². The van der Waals surface area contributed by atoms with Crippen molar-refractivity contribution >= 4 is 59.0 Å². The van der Waals surface area contributed by atoms with Crippen molar-refractivity contribution in [2.75, 3.05) is 6.54 Å². The van der Waals surface area contributed by atoms with Gasteiger partial charge in [0.2, 0.25) is 5.03 Å². The van der Waals surface area contributed by atoms with Gasteiger partial charge in [-0.25, -0.2) is 8.96 Å². The van der Waals surface area contributed by atoms with Crippen LogP contribution in [0, 0.1) is 0 Å². The van der Waals surface area contributed by atoms with E-state index in [1.54, 1.807) is 16.7 Å². The second-order valence-corrected chi connectivity index (χ2v) is 9.50. The molecule has 2 aromatic carbocycles. The van der Waals surface area contributed by atoms with Crippen molar-refractivity contribution in [3.8, 4) is 0 Å². The molecule has 142 valence electrons. The lowest BCUT2D eigenvalue weighted by molar-refractivity contribution is 0.584. The average Bonchev–Trinajstić information content (AvgIpc) is 3.32. The van der Waals surface area contributed by atoms with Crippen molar-refractivity contribution in [1.82, 2.24) is 13.4 Å². The van der Waals surface area contributed by atoms with E-state index in [-0.39, 0.29) is 10.2 Å². The molecule has 2 N–H and O–H groups in total. The van der Waals surface area contributed by atoms with Crippen molar-refractivity contribution in [3.63, 3.8) is 0 Å². The maximum atomic E-state index is 13.7. The Hall–Kier alpha value is -2.39. The molecule has 0 saturated heterocycles. The Kier molecular flexibility index (Phi) is 3.99. The molecular weight excluding hydrogens is 416 g/mol. The number of nitrogens with two attached hydrogens (primary N) is 1. The zero-order valence-corrected chi connectivity index (χ0v) is 16.9. The largest absolute Gasteiger partial charge is 0.330 e. The Labute approximate surface area is 169 Å². The first-order chi connectivity index (χ1) is 13.5. The Balaban J connectivity index is 1.85. The smallest absolute Gasteiger partial charge is 0.287 e. The summed E-state index contributed by atoms with van der Waals surface area (Å²) in [5, 5.41) is 0.806. The van der Waals surface area contributed by atoms with Crippen LogP contribution >= 0.6 is 22.9 Å². The van der Waals surface area contributed by atoms with Crippen LogP contribution in [0.25, 0.3) is 26.1 Å². The molecule has 6 nitrogen and oxygen atoms in total. The number of nitrogens with zero attached hydrogens (tertiary/aromatic N) is 3. The fourth-order valence-electron chi connectivity index (χ4n) is 3.55. The molecule has 0 saturated carbocycles. The van der Waals surface area contributed by atoms with Crippen LogP contribution < -0.4 is 5.73 Å². The molecule has 0 spiro atoms. The third-order valence-electron chi connectivity index (χ3n) is 4.75. The highest BCUT2D eigenvalue weighted by Crippen LogP contribution is 2.35. The van der Waals surface area contributed by atoms with Gasteiger partial charge in [0, 0.05) is 11.6 Å². The summed E-state index contributed by atoms with van der Waals surface area (Å²) < 4.78 is 31.2. The number of benzene rings is 2. The average molecular weight is 431 g/mol. The molecule has 3 aromatic heterocycles. The van der Waals surface area contributed by atoms with Crippen LogP contribution in [0.5, 0.6) is 0 Å². The third-order valence-corrected chi connectivity index (χ3v) is 7.83. The van der Waals surface area contributed by atoms with Gasteiger partial charge in [-0.3, -0.25) is 4.40 Å². The van der Waals surface area contributed by atoms with E-state index in [0.29, 0.717) is 23.4 Å². The van der Waals surface area contributed by atoms with Gasteiger partial charge in [-0.15, -0.1) is 0 Å². The van der Waals surface area contributed by atoms with E-state index < -0.39 is 10.0 Å². The molecule has 9 heteroatoms. The van der Waals surface area contributed by atoms with Gasteiger partial charge >= 0.3 is 0 Å². The lowest BCUT2D eigenvalue weighted by atomic mass is 10.1. The zero-order valence-electron chi connectivity index (χ0n) is 14.5. The number of aromatic nitrogens is 3. The first-order valence-electron chi connectivity index (χ1n) is 8.62. The number of halogens is 1. The van der Waals surface area contributed by atoms with E-state index in [1.165, 1.54) is 15.3 Å². The van der Waals surface area contributed by atoms with E-state index >= 15 is 0 Å². The highest BCUT2D eigenvalue weighted by Gasteiger charge is 2.30. The molecule has 0 atom stereocenters. The van der Waals surface area contributed by atoms with E-state index in [1.807, 2.05) is 42.5 Å². The zero-order chi connectivity index (χ0) is 19.5. The Morgan fingerprint density at radius 3 is 2.57 bits per heavy atom. The predicted molar refractivity (Wildman–Crippen MR) is 113 cm³/mol. The highest BCUT2D eigenvalue weighted by atomic mass is 35.5. The molecule has 0 aliphatic rings. The van der Waals surface area contributed by atoms with Crippen LogP contribution in [0.4, 0.5) is 0 Å². The molecule has 0 bridgehead atoms. The summed E-state index contributed by atoms with van der Waals surface area (Å²) in [5.74, 6) is 0. The first kappa shape index (κ1) is 17.7. The van der Waals surface area contributed by atoms with Gasteiger partial charge in [0.05, 0.1) is 15.7 Å². The number of fused-ring (bicyclic) bond motifs is 4. The standard InChI is InChI=1S/C19H15ClN4O2S2/c20-17-18(24-15-7-3-4-8-16(15)27-19(24)22-17)28(25,26)23-11-12(9-10-21)13-5-1-2-6-14(13)23/h1-8,11H,9-10,21H2. The minimum atomic E-state index is -3.99. The van der Waals surface area contributed by atoms with Gasteiger partial charge in [0.1, 0.15) is 0 Å². The van der Waals surface area contributed by atoms with Crippen molar-refractivity contribution in [1.29, 1.82) is 0 Å². The molecule has 5 aromatic rings. The molecule has 0 aliphatic heterocycles. The molecular formula is C19H15ClN4O2S2. The topological polar surface area (TPSA) is 82.4 Å². The summed E-state index contributed by atoms with van der Waals surface area (Å²) in [6.45, 7) is 0.431. The van der Waals surface area contributed by atoms with Gasteiger partial charge in [0.15, 0.2) is 10.1 Å². The molecule has 0 radical (unpaired) electrons. The van der Waals surface area contributed by atoms with E-state index in [0.717, 1.165) is 21.2 Å². The fraction of sp³-hybridized carbons (Fsp3) is 0.105. The Morgan fingerprint density at radius 2 is 1.79 bits per heavy atom. The van der Waals surface area contributed by atoms with E-state index in [9.17, 15) is 8.42 Å². The number of thiazole rings is 1. The van der Waals surface area contributed by atoms with Gasteiger partial charge in [-0.05, 0) is 36.7 Å². The van der Waals surface area contributed by atoms with Crippen LogP contribution in [0.2, 0.25) is 5.15 Å². The Morgan fingerprint density at radius 1 is 1.07 bits per heavy atom. The number of rotatable bonds is 4. The third kappa shape index (κ3) is 2.42. The summed E-state index contributed by atoms with van der Waals surface area (Å²) in [5.41, 5.74) is 7.96. The molecule has 0 fully saturated rings. The molecule has 28 heavy (non-hydrogen) atoms. The lowest BCUT2D eigenvalue weighted by Crippen LogP contribution is -2.14.